The molecule has 264 valence electrons. The molecule has 0 aliphatic carbocycles. The molecule has 0 bridgehead atoms. The van der Waals surface area contributed by atoms with Gasteiger partial charge in [0.2, 0.25) is 9.84 Å². The Balaban J connectivity index is 3.83. The van der Waals surface area contributed by atoms with Crippen molar-refractivity contribution in [3.8, 4) is 0 Å². The highest BCUT2D eigenvalue weighted by molar-refractivity contribution is 7.92. The molecule has 0 saturated heterocycles. The van der Waals surface area contributed by atoms with Crippen molar-refractivity contribution in [1.29, 1.82) is 0 Å². The summed E-state index contributed by atoms with van der Waals surface area (Å²) in [4.78, 5) is -1.23. The fraction of sp³-hybridized carbons (Fsp3) is 0.684. The minimum atomic E-state index is -9.37. The van der Waals surface area contributed by atoms with Gasteiger partial charge in [0.05, 0.1) is 11.5 Å². The number of hydrogen-bond acceptors (Lipinski definition) is 4. The van der Waals surface area contributed by atoms with Gasteiger partial charge in [0.1, 0.15) is 0 Å². The van der Waals surface area contributed by atoms with Crippen LogP contribution in [0.2, 0.25) is 0 Å². The van der Waals surface area contributed by atoms with Crippen molar-refractivity contribution < 1.29 is 106 Å². The Kier molecular flexibility index (Phi) is 9.92. The number of likely N-dealkylation sites (N-methyl/N-ethyl adjacent to an activating group) is 1. The van der Waals surface area contributed by atoms with Crippen LogP contribution in [0.5, 0.6) is 0 Å². The molecule has 0 atom stereocenters. The third-order valence-electron chi connectivity index (χ3n) is 5.84. The van der Waals surface area contributed by atoms with Crippen molar-refractivity contribution in [2.75, 3.05) is 25.1 Å². The zero-order valence-corrected chi connectivity index (χ0v) is 21.6. The van der Waals surface area contributed by atoms with Gasteiger partial charge in [0.25, 0.3) is 0 Å². The lowest BCUT2D eigenvalue weighted by Crippen LogP contribution is -2.77. The first-order valence-electron chi connectivity index (χ1n) is 10.6. The van der Waals surface area contributed by atoms with E-state index in [-0.39, 0.29) is 24.4 Å². The third-order valence-corrected chi connectivity index (χ3v) is 7.67. The third kappa shape index (κ3) is 5.29. The van der Waals surface area contributed by atoms with Crippen LogP contribution < -0.4 is 4.90 Å². The van der Waals surface area contributed by atoms with E-state index in [0.717, 1.165) is 11.9 Å². The highest BCUT2D eigenvalue weighted by atomic mass is 32.2. The first-order chi connectivity index (χ1) is 19.4. The number of benzene rings is 1. The van der Waals surface area contributed by atoms with Gasteiger partial charge in [-0.15, -0.1) is 0 Å². The molecule has 0 heterocycles. The summed E-state index contributed by atoms with van der Waals surface area (Å²) < 4.78 is 308. The van der Waals surface area contributed by atoms with Crippen molar-refractivity contribution in [2.24, 2.45) is 0 Å². The molecule has 0 aromatic heterocycles. The van der Waals surface area contributed by atoms with E-state index in [2.05, 4.69) is 0 Å². The predicted molar refractivity (Wildman–Crippen MR) is 105 cm³/mol. The van der Waals surface area contributed by atoms with Gasteiger partial charge in [-0.1, -0.05) is 0 Å². The predicted octanol–water partition coefficient (Wildman–Crippen LogP) is 7.13. The van der Waals surface area contributed by atoms with E-state index in [1.54, 1.807) is 0 Å². The maximum Gasteiger partial charge on any atom is 0.460 e. The van der Waals surface area contributed by atoms with Crippen LogP contribution in [-0.4, -0.2) is 92.5 Å². The lowest BCUT2D eigenvalue weighted by molar-refractivity contribution is -0.472. The first-order valence-corrected chi connectivity index (χ1v) is 12.1. The second-order valence-electron chi connectivity index (χ2n) is 8.75. The number of aliphatic hydroxyl groups excluding tert-OH is 1. The van der Waals surface area contributed by atoms with Gasteiger partial charge < -0.3 is 10.0 Å². The number of hydrogen-bond donors (Lipinski definition) is 1. The molecule has 0 fully saturated rings. The summed E-state index contributed by atoms with van der Waals surface area (Å²) in [6.45, 7) is -0.915. The fourth-order valence-corrected chi connectivity index (χ4v) is 4.28. The maximum absolute atomic E-state index is 14.3. The second-order valence-corrected chi connectivity index (χ2v) is 10.7. The number of aliphatic hydroxyl groups is 1. The van der Waals surface area contributed by atoms with Gasteiger partial charge in [-0.25, -0.2) is 8.42 Å². The van der Waals surface area contributed by atoms with Crippen LogP contribution >= 0.6 is 0 Å². The summed E-state index contributed by atoms with van der Waals surface area (Å²) >= 11 is 0. The molecule has 26 heteroatoms. The molecule has 1 aromatic carbocycles. The molecule has 4 nitrogen and oxygen atoms in total. The van der Waals surface area contributed by atoms with Crippen LogP contribution in [0.3, 0.4) is 0 Å². The second kappa shape index (κ2) is 11.0. The van der Waals surface area contributed by atoms with Crippen molar-refractivity contribution in [1.82, 2.24) is 0 Å². The van der Waals surface area contributed by atoms with E-state index in [4.69, 9.17) is 5.11 Å². The van der Waals surface area contributed by atoms with Crippen LogP contribution in [0.25, 0.3) is 0 Å². The molecule has 1 rings (SSSR count). The Morgan fingerprint density at radius 3 is 1.11 bits per heavy atom. The van der Waals surface area contributed by atoms with E-state index in [0.29, 0.717) is 12.1 Å². The van der Waals surface area contributed by atoms with Gasteiger partial charge in [-0.05, 0) is 24.3 Å². The zero-order valence-electron chi connectivity index (χ0n) is 20.8. The SMILES string of the molecule is CN(CCO)c1ccc(S(=O)(=O)C(F)(F)C(F)(F)C(F)(F)C(F)(F)C(F)(F)C(F)(F)C(F)(F)C(F)(F)C(F)(F)C(F)(F)F)cc1. The topological polar surface area (TPSA) is 57.6 Å². The van der Waals surface area contributed by atoms with Gasteiger partial charge >= 0.3 is 58.8 Å². The summed E-state index contributed by atoms with van der Waals surface area (Å²) in [5.74, 6) is -72.4. The monoisotopic (exact) mass is 733 g/mol. The average Bonchev–Trinajstić information content (AvgIpc) is 2.87. The highest BCUT2D eigenvalue weighted by Crippen LogP contribution is 2.66. The number of sulfone groups is 1. The Labute approximate surface area is 235 Å². The molecule has 0 spiro atoms. The molecular formula is C19H12F21NO3S. The standard InChI is InChI=1S/C19H12F21NO3S/c1-41(6-7-42)8-2-4-9(5-3-8)45(43,44)19(39,40)17(34,35)15(30,31)13(26,27)11(22,23)10(20,21)12(24,25)14(28,29)16(32,33)18(36,37)38/h2-5,42H,6-7H2,1H3. The van der Waals surface area contributed by atoms with Crippen LogP contribution in [0.15, 0.2) is 29.2 Å². The maximum atomic E-state index is 14.3. The molecule has 0 aliphatic rings. The number of anilines is 1. The molecule has 1 N–H and O–H groups in total. The summed E-state index contributed by atoms with van der Waals surface area (Å²) in [5.41, 5.74) is -0.259. The lowest BCUT2D eigenvalue weighted by Gasteiger charge is -2.44. The number of halogens is 21. The van der Waals surface area contributed by atoms with Crippen molar-refractivity contribution in [3.63, 3.8) is 0 Å². The minimum absolute atomic E-state index is 0.134. The van der Waals surface area contributed by atoms with Gasteiger partial charge in [0, 0.05) is 19.3 Å². The van der Waals surface area contributed by atoms with Crippen LogP contribution in [-0.2, 0) is 9.84 Å². The number of alkyl halides is 21. The molecule has 0 saturated carbocycles. The van der Waals surface area contributed by atoms with Crippen molar-refractivity contribution in [2.45, 2.75) is 63.7 Å². The van der Waals surface area contributed by atoms with Crippen molar-refractivity contribution >= 4 is 15.5 Å². The molecule has 0 unspecified atom stereocenters. The van der Waals surface area contributed by atoms with Crippen LogP contribution in [0.1, 0.15) is 0 Å². The van der Waals surface area contributed by atoms with Crippen LogP contribution in [0, 0.1) is 0 Å². The van der Waals surface area contributed by atoms with E-state index in [1.807, 2.05) is 0 Å². The molecule has 1 aromatic rings. The highest BCUT2D eigenvalue weighted by Gasteiger charge is 2.98. The molecule has 0 radical (unpaired) electrons. The summed E-state index contributed by atoms with van der Waals surface area (Å²) in [6, 6.07) is 0.560. The Morgan fingerprint density at radius 1 is 0.533 bits per heavy atom. The normalized spacial score (nSPS) is 15.8. The Morgan fingerprint density at radius 2 is 0.822 bits per heavy atom. The van der Waals surface area contributed by atoms with Crippen molar-refractivity contribution in [3.05, 3.63) is 24.3 Å². The molecule has 45 heavy (non-hydrogen) atoms. The lowest BCUT2D eigenvalue weighted by atomic mass is 9.87. The zero-order chi connectivity index (χ0) is 36.5. The Bertz CT molecular complexity index is 1320. The molecular weight excluding hydrogens is 721 g/mol. The van der Waals surface area contributed by atoms with E-state index >= 15 is 0 Å². The smallest absolute Gasteiger partial charge is 0.395 e. The van der Waals surface area contributed by atoms with Gasteiger partial charge in [-0.2, -0.15) is 92.2 Å². The van der Waals surface area contributed by atoms with Gasteiger partial charge in [-0.3, -0.25) is 0 Å². The Hall–Kier alpha value is -2.54. The van der Waals surface area contributed by atoms with E-state index < -0.39 is 80.2 Å². The fourth-order valence-electron chi connectivity index (χ4n) is 3.02. The summed E-state index contributed by atoms with van der Waals surface area (Å²) in [7, 11) is -6.44. The average molecular weight is 733 g/mol. The number of nitrogens with zero attached hydrogens (tertiary/aromatic N) is 1. The quantitative estimate of drug-likeness (QED) is 0.220. The van der Waals surface area contributed by atoms with E-state index in [1.165, 1.54) is 0 Å². The van der Waals surface area contributed by atoms with Gasteiger partial charge in [0.15, 0.2) is 0 Å². The summed E-state index contributed by atoms with van der Waals surface area (Å²) in [6.07, 6.45) is -8.09. The molecule has 0 amide bonds. The number of rotatable bonds is 13. The van der Waals surface area contributed by atoms with E-state index in [9.17, 15) is 101 Å². The largest absolute Gasteiger partial charge is 0.460 e. The minimum Gasteiger partial charge on any atom is -0.395 e. The first kappa shape index (κ1) is 40.5. The van der Waals surface area contributed by atoms with Crippen LogP contribution in [0.4, 0.5) is 97.9 Å². The molecule has 0 aliphatic heterocycles. The summed E-state index contributed by atoms with van der Waals surface area (Å²) in [5, 5.41) is 0.943.